The van der Waals surface area contributed by atoms with E-state index in [4.69, 9.17) is 20.8 Å². The van der Waals surface area contributed by atoms with Crippen molar-refractivity contribution >= 4 is 47.2 Å². The number of furan rings is 1. The number of hydrogen-bond donors (Lipinski definition) is 1. The van der Waals surface area contributed by atoms with Crippen molar-refractivity contribution in [2.24, 2.45) is 0 Å². The van der Waals surface area contributed by atoms with Gasteiger partial charge in [-0.25, -0.2) is 9.69 Å². The number of barbiturate groups is 1. The number of aromatic carboxylic acids is 1. The molecule has 0 atom stereocenters. The highest BCUT2D eigenvalue weighted by molar-refractivity contribution is 6.39. The first-order valence-corrected chi connectivity index (χ1v) is 9.83. The van der Waals surface area contributed by atoms with Crippen molar-refractivity contribution in [2.75, 3.05) is 12.0 Å². The molecule has 4 rings (SSSR count). The van der Waals surface area contributed by atoms with Crippen molar-refractivity contribution in [1.82, 2.24) is 5.32 Å². The molecule has 4 amide bonds. The smallest absolute Gasteiger partial charge is 0.335 e. The number of hydrogen-bond acceptors (Lipinski definition) is 7. The topological polar surface area (TPSA) is 129 Å². The largest absolute Gasteiger partial charge is 0.545 e. The molecule has 10 heteroatoms. The summed E-state index contributed by atoms with van der Waals surface area (Å²) in [5.74, 6) is -2.13. The van der Waals surface area contributed by atoms with E-state index < -0.39 is 23.8 Å². The molecule has 1 saturated heterocycles. The monoisotopic (exact) mass is 465 g/mol. The summed E-state index contributed by atoms with van der Waals surface area (Å²) < 4.78 is 10.7. The number of carbonyl (C=O) groups excluding carboxylic acids is 4. The molecule has 0 bridgehead atoms. The molecule has 1 aliphatic heterocycles. The number of rotatable bonds is 5. The molecule has 0 radical (unpaired) electrons. The number of amides is 4. The Hall–Kier alpha value is -4.37. The van der Waals surface area contributed by atoms with Crippen LogP contribution in [0.15, 0.2) is 64.6 Å². The fourth-order valence-electron chi connectivity index (χ4n) is 3.18. The minimum Gasteiger partial charge on any atom is -0.545 e. The standard InChI is InChI=1S/C23H15ClN2O7/c1-32-19-8-6-14(10-17(19)24)26-21(28)16(20(27)25-23(26)31)11-15-7-9-18(33-15)12-2-4-13(5-3-12)22(29)30/h2-11H,1H3,(H,29,30)(H,25,27,31)/p-1/b16-11-. The predicted octanol–water partition coefficient (Wildman–Crippen LogP) is 2.64. The predicted molar refractivity (Wildman–Crippen MR) is 115 cm³/mol. The highest BCUT2D eigenvalue weighted by Crippen LogP contribution is 2.31. The zero-order chi connectivity index (χ0) is 23.7. The Morgan fingerprint density at radius 1 is 1.09 bits per heavy atom. The van der Waals surface area contributed by atoms with E-state index in [2.05, 4.69) is 5.32 Å². The summed E-state index contributed by atoms with van der Waals surface area (Å²) >= 11 is 6.10. The third kappa shape index (κ3) is 4.21. The summed E-state index contributed by atoms with van der Waals surface area (Å²) in [6.07, 6.45) is 1.21. The maximum atomic E-state index is 13.0. The molecule has 1 aliphatic rings. The van der Waals surface area contributed by atoms with Crippen molar-refractivity contribution in [2.45, 2.75) is 0 Å². The summed E-state index contributed by atoms with van der Waals surface area (Å²) in [4.78, 5) is 49.3. The number of urea groups is 1. The second-order valence-corrected chi connectivity index (χ2v) is 7.25. The molecule has 166 valence electrons. The third-order valence-corrected chi connectivity index (χ3v) is 5.11. The Bertz CT molecular complexity index is 1320. The third-order valence-electron chi connectivity index (χ3n) is 4.81. The number of nitrogens with one attached hydrogen (secondary N) is 1. The average Bonchev–Trinajstić information content (AvgIpc) is 3.25. The maximum absolute atomic E-state index is 13.0. The Morgan fingerprint density at radius 2 is 1.82 bits per heavy atom. The highest BCUT2D eigenvalue weighted by Gasteiger charge is 2.37. The Balaban J connectivity index is 1.64. The van der Waals surface area contributed by atoms with E-state index in [0.29, 0.717) is 17.1 Å². The van der Waals surface area contributed by atoms with Crippen LogP contribution < -0.4 is 20.1 Å². The van der Waals surface area contributed by atoms with Gasteiger partial charge < -0.3 is 19.1 Å². The summed E-state index contributed by atoms with van der Waals surface area (Å²) in [5, 5.41) is 13.2. The van der Waals surface area contributed by atoms with Gasteiger partial charge in [-0.2, -0.15) is 0 Å². The van der Waals surface area contributed by atoms with Crippen LogP contribution in [0.25, 0.3) is 17.4 Å². The van der Waals surface area contributed by atoms with Crippen LogP contribution in [-0.4, -0.2) is 30.9 Å². The van der Waals surface area contributed by atoms with Gasteiger partial charge in [0.2, 0.25) is 0 Å². The molecular formula is C23H14ClN2O7-. The summed E-state index contributed by atoms with van der Waals surface area (Å²) in [5.41, 5.74) is 0.416. The molecule has 2 aromatic carbocycles. The van der Waals surface area contributed by atoms with Crippen LogP contribution in [0.5, 0.6) is 5.75 Å². The summed E-state index contributed by atoms with van der Waals surface area (Å²) in [6.45, 7) is 0. The fourth-order valence-corrected chi connectivity index (χ4v) is 3.44. The van der Waals surface area contributed by atoms with Crippen LogP contribution in [0.3, 0.4) is 0 Å². The molecule has 0 saturated carbocycles. The molecule has 9 nitrogen and oxygen atoms in total. The lowest BCUT2D eigenvalue weighted by Crippen LogP contribution is -2.54. The lowest BCUT2D eigenvalue weighted by atomic mass is 10.1. The summed E-state index contributed by atoms with van der Waals surface area (Å²) in [7, 11) is 1.43. The van der Waals surface area contributed by atoms with Crippen molar-refractivity contribution in [1.29, 1.82) is 0 Å². The number of ether oxygens (including phenoxy) is 1. The molecule has 1 fully saturated rings. The average molecular weight is 466 g/mol. The number of benzene rings is 2. The number of imide groups is 2. The minimum atomic E-state index is -1.30. The van der Waals surface area contributed by atoms with Crippen molar-refractivity contribution in [3.8, 4) is 17.1 Å². The van der Waals surface area contributed by atoms with E-state index in [1.54, 1.807) is 6.07 Å². The lowest BCUT2D eigenvalue weighted by molar-refractivity contribution is -0.255. The number of nitrogens with zero attached hydrogens (tertiary/aromatic N) is 1. The van der Waals surface area contributed by atoms with Gasteiger partial charge >= 0.3 is 6.03 Å². The molecule has 2 heterocycles. The van der Waals surface area contributed by atoms with E-state index in [0.717, 1.165) is 4.90 Å². The van der Waals surface area contributed by atoms with Crippen molar-refractivity contribution in [3.05, 3.63) is 76.5 Å². The molecule has 0 aliphatic carbocycles. The zero-order valence-corrected chi connectivity index (χ0v) is 17.7. The number of anilines is 1. The molecule has 1 N–H and O–H groups in total. The Labute approximate surface area is 191 Å². The van der Waals surface area contributed by atoms with Crippen LogP contribution >= 0.6 is 11.6 Å². The number of carboxylic acids is 1. The number of methoxy groups -OCH3 is 1. The minimum absolute atomic E-state index is 0.0144. The Morgan fingerprint density at radius 3 is 2.45 bits per heavy atom. The number of carbonyl (C=O) groups is 4. The first-order chi connectivity index (χ1) is 15.8. The Kier molecular flexibility index (Phi) is 5.72. The first-order valence-electron chi connectivity index (χ1n) is 9.45. The zero-order valence-electron chi connectivity index (χ0n) is 17.0. The van der Waals surface area contributed by atoms with E-state index in [1.165, 1.54) is 61.7 Å². The number of carboxylic acid groups (broad SMARTS) is 1. The first kappa shape index (κ1) is 21.8. The summed E-state index contributed by atoms with van der Waals surface area (Å²) in [6, 6.07) is 12.3. The van der Waals surface area contributed by atoms with E-state index >= 15 is 0 Å². The molecule has 3 aromatic rings. The molecular weight excluding hydrogens is 452 g/mol. The SMILES string of the molecule is COc1ccc(N2C(=O)NC(=O)/C(=C/c3ccc(-c4ccc(C(=O)[O-])cc4)o3)C2=O)cc1Cl. The van der Waals surface area contributed by atoms with Gasteiger partial charge in [0.05, 0.1) is 23.8 Å². The maximum Gasteiger partial charge on any atom is 0.335 e. The number of halogens is 1. The van der Waals surface area contributed by atoms with E-state index in [9.17, 15) is 24.3 Å². The van der Waals surface area contributed by atoms with Crippen LogP contribution in [0.4, 0.5) is 10.5 Å². The van der Waals surface area contributed by atoms with Crippen LogP contribution in [0.1, 0.15) is 16.1 Å². The van der Waals surface area contributed by atoms with Gasteiger partial charge in [0, 0.05) is 5.56 Å². The van der Waals surface area contributed by atoms with Gasteiger partial charge in [-0.1, -0.05) is 35.9 Å². The fraction of sp³-hybridized carbons (Fsp3) is 0.0435. The van der Waals surface area contributed by atoms with Gasteiger partial charge in [-0.05, 0) is 42.0 Å². The van der Waals surface area contributed by atoms with E-state index in [1.807, 2.05) is 0 Å². The van der Waals surface area contributed by atoms with Crippen LogP contribution in [0.2, 0.25) is 5.02 Å². The second kappa shape index (κ2) is 8.64. The van der Waals surface area contributed by atoms with Gasteiger partial charge in [0.25, 0.3) is 11.8 Å². The van der Waals surface area contributed by atoms with Gasteiger partial charge in [0.1, 0.15) is 22.8 Å². The second-order valence-electron chi connectivity index (χ2n) is 6.84. The lowest BCUT2D eigenvalue weighted by Gasteiger charge is -2.26. The molecule has 33 heavy (non-hydrogen) atoms. The van der Waals surface area contributed by atoms with E-state index in [-0.39, 0.29) is 27.6 Å². The molecule has 1 aromatic heterocycles. The molecule has 0 spiro atoms. The van der Waals surface area contributed by atoms with Gasteiger partial charge in [-0.15, -0.1) is 0 Å². The normalized spacial score (nSPS) is 15.0. The quantitative estimate of drug-likeness (QED) is 0.453. The van der Waals surface area contributed by atoms with Crippen molar-refractivity contribution in [3.63, 3.8) is 0 Å². The van der Waals surface area contributed by atoms with Crippen molar-refractivity contribution < 1.29 is 33.4 Å². The van der Waals surface area contributed by atoms with Crippen LogP contribution in [-0.2, 0) is 9.59 Å². The molecule has 0 unspecified atom stereocenters. The van der Waals surface area contributed by atoms with Gasteiger partial charge in [-0.3, -0.25) is 14.9 Å². The van der Waals surface area contributed by atoms with Crippen LogP contribution in [0, 0.1) is 0 Å². The highest BCUT2D eigenvalue weighted by atomic mass is 35.5. The van der Waals surface area contributed by atoms with Gasteiger partial charge in [0.15, 0.2) is 0 Å².